The van der Waals surface area contributed by atoms with E-state index in [4.69, 9.17) is 9.84 Å². The smallest absolute Gasteiger partial charge is 0.340 e. The van der Waals surface area contributed by atoms with E-state index in [9.17, 15) is 9.90 Å². The van der Waals surface area contributed by atoms with Crippen molar-refractivity contribution in [2.45, 2.75) is 32.5 Å². The second-order valence-corrected chi connectivity index (χ2v) is 6.32. The van der Waals surface area contributed by atoms with Crippen LogP contribution in [0.3, 0.4) is 0 Å². The molecule has 0 saturated heterocycles. The molecule has 1 unspecified atom stereocenters. The Bertz CT molecular complexity index is 471. The maximum atomic E-state index is 12.2. The van der Waals surface area contributed by atoms with Crippen LogP contribution in [0.1, 0.15) is 31.1 Å². The number of aliphatic hydroxyl groups excluding tert-OH is 2. The number of carbonyl (C=O) groups is 1. The molecule has 1 aromatic rings. The first kappa shape index (κ1) is 16.9. The Labute approximate surface area is 127 Å². The molecule has 112 valence electrons. The fourth-order valence-corrected chi connectivity index (χ4v) is 1.83. The zero-order valence-electron chi connectivity index (χ0n) is 11.8. The Morgan fingerprint density at radius 1 is 1.45 bits per heavy atom. The molecule has 1 atom stereocenters. The lowest BCUT2D eigenvalue weighted by molar-refractivity contribution is 0.00704. The van der Waals surface area contributed by atoms with Crippen molar-refractivity contribution in [1.82, 2.24) is 0 Å². The highest BCUT2D eigenvalue weighted by atomic mass is 79.9. The first-order valence-corrected chi connectivity index (χ1v) is 7.08. The lowest BCUT2D eigenvalue weighted by Gasteiger charge is -2.21. The van der Waals surface area contributed by atoms with Crippen molar-refractivity contribution >= 4 is 27.6 Å². The number of hydrogen-bond acceptors (Lipinski definition) is 5. The Hall–Kier alpha value is -1.11. The monoisotopic (exact) mass is 345 g/mol. The Morgan fingerprint density at radius 2 is 2.10 bits per heavy atom. The lowest BCUT2D eigenvalue weighted by Crippen LogP contribution is -2.26. The third-order valence-electron chi connectivity index (χ3n) is 2.34. The van der Waals surface area contributed by atoms with Crippen molar-refractivity contribution < 1.29 is 19.7 Å². The summed E-state index contributed by atoms with van der Waals surface area (Å²) in [5.41, 5.74) is 0.343. The zero-order valence-corrected chi connectivity index (χ0v) is 13.4. The minimum Gasteiger partial charge on any atom is -0.456 e. The normalized spacial score (nSPS) is 12.9. The third kappa shape index (κ3) is 5.48. The molecule has 0 saturated carbocycles. The van der Waals surface area contributed by atoms with Gasteiger partial charge < -0.3 is 20.3 Å². The van der Waals surface area contributed by atoms with Gasteiger partial charge in [-0.2, -0.15) is 0 Å². The maximum absolute atomic E-state index is 12.2. The molecule has 20 heavy (non-hydrogen) atoms. The predicted molar refractivity (Wildman–Crippen MR) is 80.9 cm³/mol. The number of esters is 1. The Morgan fingerprint density at radius 3 is 2.65 bits per heavy atom. The van der Waals surface area contributed by atoms with Crippen molar-refractivity contribution in [1.29, 1.82) is 0 Å². The van der Waals surface area contributed by atoms with Crippen LogP contribution < -0.4 is 5.32 Å². The molecule has 1 rings (SSSR count). The van der Waals surface area contributed by atoms with Crippen LogP contribution in [0, 0.1) is 0 Å². The number of benzene rings is 1. The average Bonchev–Trinajstić information content (AvgIpc) is 2.34. The van der Waals surface area contributed by atoms with E-state index in [1.54, 1.807) is 39.0 Å². The maximum Gasteiger partial charge on any atom is 0.340 e. The number of anilines is 1. The number of rotatable bonds is 5. The van der Waals surface area contributed by atoms with E-state index in [1.165, 1.54) is 0 Å². The minimum atomic E-state index is -0.884. The number of carbonyl (C=O) groups excluding carboxylic acids is 1. The van der Waals surface area contributed by atoms with Crippen LogP contribution in [0.2, 0.25) is 0 Å². The topological polar surface area (TPSA) is 78.8 Å². The summed E-state index contributed by atoms with van der Waals surface area (Å²) in [6, 6.07) is 5.15. The average molecular weight is 346 g/mol. The van der Waals surface area contributed by atoms with Gasteiger partial charge in [0, 0.05) is 16.7 Å². The number of hydrogen-bond donors (Lipinski definition) is 3. The molecule has 0 aliphatic heterocycles. The summed E-state index contributed by atoms with van der Waals surface area (Å²) in [4.78, 5) is 12.2. The molecule has 1 aromatic carbocycles. The van der Waals surface area contributed by atoms with E-state index in [0.717, 1.165) is 4.47 Å². The molecule has 0 aromatic heterocycles. The number of nitrogens with one attached hydrogen (secondary N) is 1. The molecule has 0 spiro atoms. The Balaban J connectivity index is 2.92. The van der Waals surface area contributed by atoms with Crippen molar-refractivity contribution in [3.8, 4) is 0 Å². The second-order valence-electron chi connectivity index (χ2n) is 5.41. The summed E-state index contributed by atoms with van der Waals surface area (Å²) in [6.45, 7) is 5.20. The molecular formula is C14H20BrNO4. The van der Waals surface area contributed by atoms with E-state index >= 15 is 0 Å². The molecule has 0 heterocycles. The van der Waals surface area contributed by atoms with Gasteiger partial charge in [0.05, 0.1) is 18.3 Å². The quantitative estimate of drug-likeness (QED) is 0.712. The summed E-state index contributed by atoms with van der Waals surface area (Å²) in [6.07, 6.45) is -0.884. The molecule has 0 amide bonds. The standard InChI is InChI=1S/C14H20BrNO4/c1-14(2,3)20-13(19)11-6-9(15)4-5-12(11)16-7-10(18)8-17/h4-6,10,16-18H,7-8H2,1-3H3. The summed E-state index contributed by atoms with van der Waals surface area (Å²) >= 11 is 3.31. The highest BCUT2D eigenvalue weighted by Crippen LogP contribution is 2.23. The molecule has 6 heteroatoms. The van der Waals surface area contributed by atoms with Crippen LogP contribution in [-0.2, 0) is 4.74 Å². The van der Waals surface area contributed by atoms with Gasteiger partial charge in [0.15, 0.2) is 0 Å². The Kier molecular flexibility index (Phi) is 5.98. The number of ether oxygens (including phenoxy) is 1. The number of halogens is 1. The first-order chi connectivity index (χ1) is 9.23. The van der Waals surface area contributed by atoms with Crippen LogP contribution in [-0.4, -0.2) is 41.0 Å². The van der Waals surface area contributed by atoms with Gasteiger partial charge in [0.2, 0.25) is 0 Å². The van der Waals surface area contributed by atoms with Crippen molar-refractivity contribution in [2.24, 2.45) is 0 Å². The second kappa shape index (κ2) is 7.06. The molecule has 5 nitrogen and oxygen atoms in total. The van der Waals surface area contributed by atoms with Crippen molar-refractivity contribution in [3.63, 3.8) is 0 Å². The minimum absolute atomic E-state index is 0.147. The zero-order chi connectivity index (χ0) is 15.3. The summed E-state index contributed by atoms with van der Waals surface area (Å²) in [5.74, 6) is -0.445. The number of aliphatic hydroxyl groups is 2. The van der Waals surface area contributed by atoms with Crippen LogP contribution in [0.5, 0.6) is 0 Å². The summed E-state index contributed by atoms with van der Waals surface area (Å²) in [7, 11) is 0. The predicted octanol–water partition coefficient (Wildman–Crippen LogP) is 2.17. The van der Waals surface area contributed by atoms with Gasteiger partial charge >= 0.3 is 5.97 Å². The molecule has 0 aliphatic rings. The fraction of sp³-hybridized carbons (Fsp3) is 0.500. The van der Waals surface area contributed by atoms with Gasteiger partial charge in [0.1, 0.15) is 5.60 Å². The first-order valence-electron chi connectivity index (χ1n) is 6.28. The van der Waals surface area contributed by atoms with Crippen molar-refractivity contribution in [2.75, 3.05) is 18.5 Å². The van der Waals surface area contributed by atoms with E-state index < -0.39 is 17.7 Å². The highest BCUT2D eigenvalue weighted by Gasteiger charge is 2.21. The third-order valence-corrected chi connectivity index (χ3v) is 2.83. The van der Waals surface area contributed by atoms with E-state index in [1.807, 2.05) is 0 Å². The molecule has 3 N–H and O–H groups in total. The van der Waals surface area contributed by atoms with Crippen LogP contribution in [0.15, 0.2) is 22.7 Å². The van der Waals surface area contributed by atoms with Crippen molar-refractivity contribution in [3.05, 3.63) is 28.2 Å². The molecule has 0 aliphatic carbocycles. The van der Waals surface area contributed by atoms with E-state index in [-0.39, 0.29) is 13.2 Å². The van der Waals surface area contributed by atoms with Gasteiger partial charge in [-0.05, 0) is 39.0 Å². The van der Waals surface area contributed by atoms with Gasteiger partial charge in [-0.25, -0.2) is 4.79 Å². The van der Waals surface area contributed by atoms with E-state index in [2.05, 4.69) is 21.2 Å². The lowest BCUT2D eigenvalue weighted by atomic mass is 10.1. The highest BCUT2D eigenvalue weighted by molar-refractivity contribution is 9.10. The van der Waals surface area contributed by atoms with Crippen LogP contribution in [0.4, 0.5) is 5.69 Å². The fourth-order valence-electron chi connectivity index (χ4n) is 1.46. The molecule has 0 radical (unpaired) electrons. The molecular weight excluding hydrogens is 326 g/mol. The largest absolute Gasteiger partial charge is 0.456 e. The summed E-state index contributed by atoms with van der Waals surface area (Å²) in [5, 5.41) is 21.1. The van der Waals surface area contributed by atoms with Gasteiger partial charge in [-0.15, -0.1) is 0 Å². The SMILES string of the molecule is CC(C)(C)OC(=O)c1cc(Br)ccc1NCC(O)CO. The summed E-state index contributed by atoms with van der Waals surface area (Å²) < 4.78 is 6.10. The van der Waals surface area contributed by atoms with Crippen LogP contribution >= 0.6 is 15.9 Å². The molecule has 0 fully saturated rings. The van der Waals surface area contributed by atoms with Gasteiger partial charge in [-0.3, -0.25) is 0 Å². The van der Waals surface area contributed by atoms with E-state index in [0.29, 0.717) is 11.3 Å². The molecule has 0 bridgehead atoms. The van der Waals surface area contributed by atoms with Gasteiger partial charge in [-0.1, -0.05) is 15.9 Å². The van der Waals surface area contributed by atoms with Crippen LogP contribution in [0.25, 0.3) is 0 Å². The van der Waals surface area contributed by atoms with Gasteiger partial charge in [0.25, 0.3) is 0 Å².